The molecular formula is C28H32N6O3S. The fourth-order valence-electron chi connectivity index (χ4n) is 5.02. The number of likely N-dealkylation sites (tertiary alicyclic amines) is 1. The van der Waals surface area contributed by atoms with Crippen molar-refractivity contribution in [3.8, 4) is 5.75 Å². The molecule has 1 N–H and O–H groups in total. The molecule has 2 fully saturated rings. The molecule has 2 aromatic carbocycles. The Labute approximate surface area is 224 Å². The molecule has 1 atom stereocenters. The third-order valence-electron chi connectivity index (χ3n) is 7.16. The maximum atomic E-state index is 13.6. The number of ether oxygens (including phenoxy) is 2. The second kappa shape index (κ2) is 11.2. The number of fused-ring (bicyclic) bond motifs is 1. The van der Waals surface area contributed by atoms with Crippen LogP contribution in [-0.2, 0) is 15.5 Å². The normalized spacial score (nSPS) is 18.4. The van der Waals surface area contributed by atoms with Crippen molar-refractivity contribution in [3.63, 3.8) is 0 Å². The zero-order valence-corrected chi connectivity index (χ0v) is 22.3. The molecule has 2 aromatic heterocycles. The second-order valence-electron chi connectivity index (χ2n) is 9.86. The number of rotatable bonds is 7. The molecule has 198 valence electrons. The van der Waals surface area contributed by atoms with E-state index in [-0.39, 0.29) is 12.1 Å². The Morgan fingerprint density at radius 3 is 2.45 bits per heavy atom. The molecule has 0 radical (unpaired) electrons. The van der Waals surface area contributed by atoms with Crippen LogP contribution in [0, 0.1) is 0 Å². The van der Waals surface area contributed by atoms with Gasteiger partial charge in [0, 0.05) is 42.9 Å². The molecule has 0 bridgehead atoms. The summed E-state index contributed by atoms with van der Waals surface area (Å²) in [5.41, 5.74) is 2.17. The molecule has 38 heavy (non-hydrogen) atoms. The topological polar surface area (TPSA) is 94.4 Å². The van der Waals surface area contributed by atoms with Crippen LogP contribution in [0.5, 0.6) is 5.75 Å². The maximum absolute atomic E-state index is 13.6. The van der Waals surface area contributed by atoms with E-state index in [1.165, 1.54) is 0 Å². The molecule has 10 heteroatoms. The number of aromatic nitrogens is 4. The van der Waals surface area contributed by atoms with E-state index in [4.69, 9.17) is 19.4 Å². The highest BCUT2D eigenvalue weighted by molar-refractivity contribution is 7.85. The van der Waals surface area contributed by atoms with Gasteiger partial charge < -0.3 is 19.7 Å². The van der Waals surface area contributed by atoms with Gasteiger partial charge in [-0.1, -0.05) is 18.2 Å². The first-order chi connectivity index (χ1) is 18.6. The number of nitrogens with one attached hydrogen (secondary N) is 1. The Balaban J connectivity index is 1.26. The Kier molecular flexibility index (Phi) is 7.35. The van der Waals surface area contributed by atoms with Gasteiger partial charge in [0.05, 0.1) is 6.20 Å². The van der Waals surface area contributed by atoms with Gasteiger partial charge >= 0.3 is 0 Å². The lowest BCUT2D eigenvalue weighted by Gasteiger charge is -2.29. The molecule has 4 heterocycles. The first kappa shape index (κ1) is 25.0. The van der Waals surface area contributed by atoms with E-state index in [0.717, 1.165) is 50.2 Å². The van der Waals surface area contributed by atoms with E-state index in [0.29, 0.717) is 40.4 Å². The highest BCUT2D eigenvalue weighted by Crippen LogP contribution is 2.31. The summed E-state index contributed by atoms with van der Waals surface area (Å²) in [6.07, 6.45) is 5.68. The molecule has 1 unspecified atom stereocenters. The summed E-state index contributed by atoms with van der Waals surface area (Å²) < 4.78 is 27.4. The Morgan fingerprint density at radius 2 is 1.71 bits per heavy atom. The minimum Gasteiger partial charge on any atom is -0.490 e. The van der Waals surface area contributed by atoms with Crippen molar-refractivity contribution >= 4 is 33.6 Å². The van der Waals surface area contributed by atoms with Gasteiger partial charge in [0.25, 0.3) is 0 Å². The molecule has 2 aliphatic rings. The zero-order chi connectivity index (χ0) is 25.9. The first-order valence-electron chi connectivity index (χ1n) is 13.2. The summed E-state index contributed by atoms with van der Waals surface area (Å²) in [5, 5.41) is 3.81. The Hall–Kier alpha value is -3.34. The van der Waals surface area contributed by atoms with E-state index in [1.807, 2.05) is 59.2 Å². The van der Waals surface area contributed by atoms with Crippen molar-refractivity contribution in [3.05, 3.63) is 60.8 Å². The largest absolute Gasteiger partial charge is 0.490 e. The molecule has 4 aromatic rings. The SMILES string of the molecule is CN1CCC(Oc2ccc(Nc3ncc4nc(S(=O)c5ccccc5)n(C5CCOCC5)c4n3)cc2)CC1. The van der Waals surface area contributed by atoms with Crippen LogP contribution in [-0.4, -0.2) is 68.1 Å². The molecule has 2 saturated heterocycles. The van der Waals surface area contributed by atoms with Crippen LogP contribution >= 0.6 is 0 Å². The highest BCUT2D eigenvalue weighted by atomic mass is 32.2. The number of imidazole rings is 1. The standard InChI is InChI=1S/C28H32N6O3S/c1-33-15-11-23(12-16-33)37-22-9-7-20(8-10-22)30-27-29-19-25-26(32-27)34(21-13-17-36-18-14-21)28(31-25)38(35)24-5-3-2-4-6-24/h2-10,19,21,23H,11-18H2,1H3,(H,29,30,32). The third kappa shape index (κ3) is 5.43. The minimum absolute atomic E-state index is 0.107. The summed E-state index contributed by atoms with van der Waals surface area (Å²) in [4.78, 5) is 17.1. The van der Waals surface area contributed by atoms with Crippen LogP contribution in [0.4, 0.5) is 11.6 Å². The summed E-state index contributed by atoms with van der Waals surface area (Å²) in [6, 6.07) is 17.4. The van der Waals surface area contributed by atoms with Crippen LogP contribution in [0.25, 0.3) is 11.2 Å². The zero-order valence-electron chi connectivity index (χ0n) is 21.5. The molecule has 6 rings (SSSR count). The van der Waals surface area contributed by atoms with Gasteiger partial charge in [0.1, 0.15) is 28.2 Å². The van der Waals surface area contributed by atoms with Crippen molar-refractivity contribution in [2.45, 2.75) is 47.9 Å². The van der Waals surface area contributed by atoms with Gasteiger partial charge in [-0.3, -0.25) is 4.57 Å². The number of nitrogens with zero attached hydrogens (tertiary/aromatic N) is 5. The summed E-state index contributed by atoms with van der Waals surface area (Å²) >= 11 is 0. The first-order valence-corrected chi connectivity index (χ1v) is 14.3. The number of piperidine rings is 1. The molecular weight excluding hydrogens is 500 g/mol. The van der Waals surface area contributed by atoms with Gasteiger partial charge in [0.2, 0.25) is 11.1 Å². The third-order valence-corrected chi connectivity index (χ3v) is 8.48. The molecule has 0 aliphatic carbocycles. The van der Waals surface area contributed by atoms with Crippen molar-refractivity contribution in [2.24, 2.45) is 0 Å². The van der Waals surface area contributed by atoms with Gasteiger partial charge in [-0.05, 0) is 69.1 Å². The highest BCUT2D eigenvalue weighted by Gasteiger charge is 2.27. The van der Waals surface area contributed by atoms with Crippen LogP contribution in [0.3, 0.4) is 0 Å². The Morgan fingerprint density at radius 1 is 0.974 bits per heavy atom. The van der Waals surface area contributed by atoms with E-state index < -0.39 is 10.8 Å². The van der Waals surface area contributed by atoms with Crippen molar-refractivity contribution in [1.29, 1.82) is 0 Å². The van der Waals surface area contributed by atoms with Gasteiger partial charge in [-0.2, -0.15) is 4.98 Å². The number of anilines is 2. The maximum Gasteiger partial charge on any atom is 0.229 e. The monoisotopic (exact) mass is 532 g/mol. The van der Waals surface area contributed by atoms with E-state index in [1.54, 1.807) is 6.20 Å². The smallest absolute Gasteiger partial charge is 0.229 e. The summed E-state index contributed by atoms with van der Waals surface area (Å²) in [7, 11) is 0.710. The van der Waals surface area contributed by atoms with Gasteiger partial charge in [0.15, 0.2) is 5.65 Å². The molecule has 0 spiro atoms. The molecule has 9 nitrogen and oxygen atoms in total. The van der Waals surface area contributed by atoms with Crippen LogP contribution in [0.15, 0.2) is 70.8 Å². The van der Waals surface area contributed by atoms with Crippen LogP contribution < -0.4 is 10.1 Å². The lowest BCUT2D eigenvalue weighted by molar-refractivity contribution is 0.0682. The van der Waals surface area contributed by atoms with Crippen molar-refractivity contribution in [2.75, 3.05) is 38.7 Å². The Bertz CT molecular complexity index is 1400. The average molecular weight is 533 g/mol. The van der Waals surface area contributed by atoms with Crippen LogP contribution in [0.1, 0.15) is 31.7 Å². The minimum atomic E-state index is -1.44. The quantitative estimate of drug-likeness (QED) is 0.370. The number of hydrogen-bond acceptors (Lipinski definition) is 8. The van der Waals surface area contributed by atoms with Crippen LogP contribution in [0.2, 0.25) is 0 Å². The lowest BCUT2D eigenvalue weighted by atomic mass is 10.1. The number of hydrogen-bond donors (Lipinski definition) is 1. The van der Waals surface area contributed by atoms with Crippen molar-refractivity contribution in [1.82, 2.24) is 24.4 Å². The number of benzene rings is 2. The van der Waals surface area contributed by atoms with E-state index in [2.05, 4.69) is 22.2 Å². The summed E-state index contributed by atoms with van der Waals surface area (Å²) in [6.45, 7) is 3.44. The van der Waals surface area contributed by atoms with Gasteiger partial charge in [-0.25, -0.2) is 14.2 Å². The fraction of sp³-hybridized carbons (Fsp3) is 0.393. The molecule has 2 aliphatic heterocycles. The summed E-state index contributed by atoms with van der Waals surface area (Å²) in [5.74, 6) is 1.33. The van der Waals surface area contributed by atoms with E-state index >= 15 is 0 Å². The fourth-order valence-corrected chi connectivity index (χ4v) is 6.23. The van der Waals surface area contributed by atoms with Gasteiger partial charge in [-0.15, -0.1) is 0 Å². The molecule has 0 saturated carbocycles. The van der Waals surface area contributed by atoms with E-state index in [9.17, 15) is 4.21 Å². The van der Waals surface area contributed by atoms with Crippen molar-refractivity contribution < 1.29 is 13.7 Å². The second-order valence-corrected chi connectivity index (χ2v) is 11.2. The molecule has 0 amide bonds. The average Bonchev–Trinajstić information content (AvgIpc) is 3.35. The predicted octanol–water partition coefficient (Wildman–Crippen LogP) is 4.56. The predicted molar refractivity (Wildman–Crippen MR) is 146 cm³/mol. The lowest BCUT2D eigenvalue weighted by Crippen LogP contribution is -2.35.